The minimum Gasteiger partial charge on any atom is -0.423 e. The molecule has 5 nitrogen and oxygen atoms in total. The molecule has 6 heteroatoms. The van der Waals surface area contributed by atoms with Crippen LogP contribution in [0.2, 0.25) is 0 Å². The van der Waals surface area contributed by atoms with Gasteiger partial charge in [0.25, 0.3) is 5.56 Å². The van der Waals surface area contributed by atoms with E-state index >= 15 is 0 Å². The second kappa shape index (κ2) is 4.94. The molecular weight excluding hydrogens is 219 g/mol. The molecule has 0 aliphatic carbocycles. The summed E-state index contributed by atoms with van der Waals surface area (Å²) in [5, 5.41) is 18.4. The second-order valence-corrected chi connectivity index (χ2v) is 3.62. The molecule has 0 unspecified atom stereocenters. The van der Waals surface area contributed by atoms with Gasteiger partial charge in [-0.15, -0.1) is 0 Å². The van der Waals surface area contributed by atoms with Crippen LogP contribution in [0.1, 0.15) is 5.56 Å². The summed E-state index contributed by atoms with van der Waals surface area (Å²) in [5.74, 6) is 0. The van der Waals surface area contributed by atoms with Crippen molar-refractivity contribution in [2.75, 3.05) is 0 Å². The first kappa shape index (κ1) is 11.6. The maximum atomic E-state index is 11.5. The average Bonchev–Trinajstić information content (AvgIpc) is 2.32. The van der Waals surface area contributed by atoms with Gasteiger partial charge >= 0.3 is 7.12 Å². The molecule has 0 amide bonds. The van der Waals surface area contributed by atoms with Gasteiger partial charge in [0.1, 0.15) is 0 Å². The molecule has 17 heavy (non-hydrogen) atoms. The first-order valence-corrected chi connectivity index (χ1v) is 5.13. The Labute approximate surface area is 98.1 Å². The highest BCUT2D eigenvalue weighted by Gasteiger charge is 2.15. The summed E-state index contributed by atoms with van der Waals surface area (Å²) in [6, 6.07) is 8.21. The molecule has 0 atom stereocenters. The van der Waals surface area contributed by atoms with E-state index in [1.165, 1.54) is 23.2 Å². The van der Waals surface area contributed by atoms with E-state index in [9.17, 15) is 14.8 Å². The second-order valence-electron chi connectivity index (χ2n) is 3.62. The Hall–Kier alpha value is -1.92. The third-order valence-electron chi connectivity index (χ3n) is 2.47. The van der Waals surface area contributed by atoms with Crippen molar-refractivity contribution in [1.82, 2.24) is 9.55 Å². The Bertz CT molecular complexity index is 568. The third kappa shape index (κ3) is 2.61. The molecular formula is C11H11BN2O3. The lowest BCUT2D eigenvalue weighted by molar-refractivity contribution is 0.425. The summed E-state index contributed by atoms with van der Waals surface area (Å²) < 4.78 is 1.40. The van der Waals surface area contributed by atoms with Crippen LogP contribution in [0.5, 0.6) is 0 Å². The molecule has 0 saturated carbocycles. The molecule has 2 rings (SSSR count). The van der Waals surface area contributed by atoms with E-state index in [0.717, 1.165) is 0 Å². The van der Waals surface area contributed by atoms with Crippen molar-refractivity contribution in [2.45, 2.75) is 6.54 Å². The molecule has 0 radical (unpaired) electrons. The van der Waals surface area contributed by atoms with Gasteiger partial charge in [-0.2, -0.15) is 0 Å². The summed E-state index contributed by atoms with van der Waals surface area (Å²) in [7, 11) is -1.54. The zero-order chi connectivity index (χ0) is 12.3. The van der Waals surface area contributed by atoms with Gasteiger partial charge in [0.15, 0.2) is 0 Å². The lowest BCUT2D eigenvalue weighted by Crippen LogP contribution is -2.34. The third-order valence-corrected chi connectivity index (χ3v) is 2.47. The highest BCUT2D eigenvalue weighted by molar-refractivity contribution is 6.59. The summed E-state index contributed by atoms with van der Waals surface area (Å²) in [5.41, 5.74) is 0.892. The van der Waals surface area contributed by atoms with Crippen molar-refractivity contribution >= 4 is 12.6 Å². The zero-order valence-corrected chi connectivity index (χ0v) is 9.02. The lowest BCUT2D eigenvalue weighted by Gasteiger charge is -2.09. The highest BCUT2D eigenvalue weighted by Crippen LogP contribution is 1.99. The van der Waals surface area contributed by atoms with Gasteiger partial charge in [0.05, 0.1) is 12.9 Å². The van der Waals surface area contributed by atoms with Crippen LogP contribution in [0.15, 0.2) is 47.7 Å². The molecule has 0 spiro atoms. The monoisotopic (exact) mass is 230 g/mol. The van der Waals surface area contributed by atoms with Crippen molar-refractivity contribution in [2.24, 2.45) is 0 Å². The maximum absolute atomic E-state index is 11.5. The van der Waals surface area contributed by atoms with E-state index in [2.05, 4.69) is 4.98 Å². The Morgan fingerprint density at radius 3 is 2.71 bits per heavy atom. The van der Waals surface area contributed by atoms with Gasteiger partial charge in [0, 0.05) is 12.3 Å². The molecule has 0 fully saturated rings. The maximum Gasteiger partial charge on any atom is 0.488 e. The minimum atomic E-state index is -1.54. The van der Waals surface area contributed by atoms with E-state index in [0.29, 0.717) is 11.0 Å². The number of aromatic nitrogens is 2. The standard InChI is InChI=1S/C11H11BN2O3/c15-11-5-6-13-8-14(11)7-9-3-1-2-4-10(9)12(16)17/h1-6,8,16-17H,7H2. The van der Waals surface area contributed by atoms with Crippen LogP contribution >= 0.6 is 0 Å². The van der Waals surface area contributed by atoms with Crippen LogP contribution in [-0.4, -0.2) is 26.7 Å². The van der Waals surface area contributed by atoms with Crippen molar-refractivity contribution in [1.29, 1.82) is 0 Å². The fraction of sp³-hybridized carbons (Fsp3) is 0.0909. The van der Waals surface area contributed by atoms with E-state index in [1.807, 2.05) is 0 Å². The lowest BCUT2D eigenvalue weighted by atomic mass is 9.77. The summed E-state index contributed by atoms with van der Waals surface area (Å²) >= 11 is 0. The van der Waals surface area contributed by atoms with Crippen LogP contribution in [0.3, 0.4) is 0 Å². The van der Waals surface area contributed by atoms with Gasteiger partial charge in [-0.1, -0.05) is 24.3 Å². The first-order valence-electron chi connectivity index (χ1n) is 5.13. The van der Waals surface area contributed by atoms with Gasteiger partial charge < -0.3 is 10.0 Å². The van der Waals surface area contributed by atoms with Gasteiger partial charge in [-0.3, -0.25) is 9.36 Å². The van der Waals surface area contributed by atoms with E-state index in [4.69, 9.17) is 0 Å². The van der Waals surface area contributed by atoms with Crippen molar-refractivity contribution in [3.63, 3.8) is 0 Å². The molecule has 1 aromatic carbocycles. The van der Waals surface area contributed by atoms with Crippen LogP contribution in [0, 0.1) is 0 Å². The van der Waals surface area contributed by atoms with E-state index < -0.39 is 7.12 Å². The molecule has 1 heterocycles. The van der Waals surface area contributed by atoms with Crippen molar-refractivity contribution in [3.8, 4) is 0 Å². The molecule has 0 aliphatic rings. The molecule has 0 saturated heterocycles. The quantitative estimate of drug-likeness (QED) is 0.661. The SMILES string of the molecule is O=c1ccncn1Cc1ccccc1B(O)O. The summed E-state index contributed by atoms with van der Waals surface area (Å²) in [6.07, 6.45) is 2.84. The van der Waals surface area contributed by atoms with Gasteiger partial charge in [0.2, 0.25) is 0 Å². The molecule has 2 aromatic rings. The fourth-order valence-electron chi connectivity index (χ4n) is 1.61. The molecule has 0 bridgehead atoms. The van der Waals surface area contributed by atoms with E-state index in [1.54, 1.807) is 24.3 Å². The van der Waals surface area contributed by atoms with Crippen molar-refractivity contribution in [3.05, 3.63) is 58.8 Å². The molecule has 2 N–H and O–H groups in total. The number of nitrogens with zero attached hydrogens (tertiary/aromatic N) is 2. The molecule has 0 aliphatic heterocycles. The number of benzene rings is 1. The predicted octanol–water partition coefficient (Wildman–Crippen LogP) is -1.03. The highest BCUT2D eigenvalue weighted by atomic mass is 16.4. The zero-order valence-electron chi connectivity index (χ0n) is 9.02. The Morgan fingerprint density at radius 1 is 1.24 bits per heavy atom. The Morgan fingerprint density at radius 2 is 2.00 bits per heavy atom. The topological polar surface area (TPSA) is 75.4 Å². The number of hydrogen-bond donors (Lipinski definition) is 2. The van der Waals surface area contributed by atoms with Crippen LogP contribution < -0.4 is 11.0 Å². The fourth-order valence-corrected chi connectivity index (χ4v) is 1.61. The van der Waals surface area contributed by atoms with Gasteiger partial charge in [-0.05, 0) is 11.0 Å². The normalized spacial score (nSPS) is 10.2. The van der Waals surface area contributed by atoms with Crippen LogP contribution in [0.4, 0.5) is 0 Å². The smallest absolute Gasteiger partial charge is 0.423 e. The summed E-state index contributed by atoms with van der Waals surface area (Å²) in [6.45, 7) is 0.264. The molecule has 86 valence electrons. The number of rotatable bonds is 3. The van der Waals surface area contributed by atoms with Crippen LogP contribution in [0.25, 0.3) is 0 Å². The first-order chi connectivity index (χ1) is 8.18. The Kier molecular flexibility index (Phi) is 3.36. The number of hydrogen-bond acceptors (Lipinski definition) is 4. The van der Waals surface area contributed by atoms with E-state index in [-0.39, 0.29) is 12.1 Å². The average molecular weight is 230 g/mol. The Balaban J connectivity index is 2.37. The predicted molar refractivity (Wildman–Crippen MR) is 63.9 cm³/mol. The summed E-state index contributed by atoms with van der Waals surface area (Å²) in [4.78, 5) is 15.4. The minimum absolute atomic E-state index is 0.178. The van der Waals surface area contributed by atoms with Gasteiger partial charge in [-0.25, -0.2) is 4.98 Å². The molecule has 1 aromatic heterocycles. The largest absolute Gasteiger partial charge is 0.488 e. The van der Waals surface area contributed by atoms with Crippen molar-refractivity contribution < 1.29 is 10.0 Å². The van der Waals surface area contributed by atoms with Crippen LogP contribution in [-0.2, 0) is 6.54 Å².